The lowest BCUT2D eigenvalue weighted by Crippen LogP contribution is -2.41. The summed E-state index contributed by atoms with van der Waals surface area (Å²) < 4.78 is 7.14. The quantitative estimate of drug-likeness (QED) is 0.626. The van der Waals surface area contributed by atoms with E-state index in [0.29, 0.717) is 24.7 Å². The number of rotatable bonds is 5. The Kier molecular flexibility index (Phi) is 5.40. The van der Waals surface area contributed by atoms with Crippen LogP contribution in [0.15, 0.2) is 54.9 Å². The van der Waals surface area contributed by atoms with Gasteiger partial charge in [0.15, 0.2) is 5.65 Å². The van der Waals surface area contributed by atoms with Crippen molar-refractivity contribution in [2.75, 3.05) is 6.61 Å². The summed E-state index contributed by atoms with van der Waals surface area (Å²) in [6.07, 6.45) is 8.10. The Morgan fingerprint density at radius 1 is 1.03 bits per heavy atom. The summed E-state index contributed by atoms with van der Waals surface area (Å²) in [7, 11) is 0. The first-order chi connectivity index (χ1) is 15.2. The van der Waals surface area contributed by atoms with Crippen molar-refractivity contribution in [3.8, 4) is 0 Å². The van der Waals surface area contributed by atoms with Gasteiger partial charge in [0.05, 0.1) is 12.2 Å². The van der Waals surface area contributed by atoms with Gasteiger partial charge in [-0.1, -0.05) is 30.3 Å². The van der Waals surface area contributed by atoms with Gasteiger partial charge in [-0.15, -0.1) is 0 Å². The predicted molar refractivity (Wildman–Crippen MR) is 114 cm³/mol. The van der Waals surface area contributed by atoms with Gasteiger partial charge in [0.25, 0.3) is 0 Å². The van der Waals surface area contributed by atoms with E-state index in [1.54, 1.807) is 6.20 Å². The maximum absolute atomic E-state index is 13.0. The molecule has 0 N–H and O–H groups in total. The highest BCUT2D eigenvalue weighted by molar-refractivity contribution is 5.93. The smallest absolute Gasteiger partial charge is 0.416 e. The first-order valence-electron chi connectivity index (χ1n) is 11.0. The number of imide groups is 1. The molecule has 160 valence electrons. The van der Waals surface area contributed by atoms with Gasteiger partial charge in [0, 0.05) is 30.3 Å². The third-order valence-electron chi connectivity index (χ3n) is 6.59. The number of ether oxygens (including phenoxy) is 1. The minimum atomic E-state index is -0.502. The topological polar surface area (TPSA) is 76.8 Å². The van der Waals surface area contributed by atoms with Gasteiger partial charge in [-0.2, -0.15) is 5.10 Å². The number of cyclic esters (lactones) is 1. The minimum Gasteiger partial charge on any atom is -0.447 e. The molecule has 1 unspecified atom stereocenters. The first-order valence-corrected chi connectivity index (χ1v) is 11.0. The normalized spacial score (nSPS) is 23.8. The second kappa shape index (κ2) is 8.49. The fraction of sp³-hybridized carbons (Fsp3) is 0.417. The van der Waals surface area contributed by atoms with Gasteiger partial charge >= 0.3 is 6.09 Å². The zero-order valence-corrected chi connectivity index (χ0v) is 17.4. The van der Waals surface area contributed by atoms with Crippen molar-refractivity contribution in [1.82, 2.24) is 19.5 Å². The van der Waals surface area contributed by atoms with Crippen LogP contribution in [0.1, 0.15) is 49.3 Å². The molecule has 5 rings (SSSR count). The molecule has 2 aliphatic rings. The lowest BCUT2D eigenvalue weighted by atomic mass is 9.79. The van der Waals surface area contributed by atoms with Gasteiger partial charge in [0.1, 0.15) is 6.61 Å². The summed E-state index contributed by atoms with van der Waals surface area (Å²) in [6, 6.07) is 13.7. The van der Waals surface area contributed by atoms with Crippen LogP contribution in [0.2, 0.25) is 0 Å². The number of amides is 2. The number of fused-ring (bicyclic) bond motifs is 1. The zero-order chi connectivity index (χ0) is 21.2. The number of carbonyl (C=O) groups is 2. The van der Waals surface area contributed by atoms with Crippen LogP contribution in [0.5, 0.6) is 0 Å². The SMILES string of the molecule is O=C(CC1CCC(c2ccnc3ccnn23)CC1)N1C(=O)OCC1Cc1ccccc1. The molecule has 3 heterocycles. The van der Waals surface area contributed by atoms with Crippen LogP contribution in [0.4, 0.5) is 4.79 Å². The average molecular weight is 418 g/mol. The summed E-state index contributed by atoms with van der Waals surface area (Å²) in [6.45, 7) is 0.272. The number of hydrogen-bond donors (Lipinski definition) is 0. The molecule has 0 radical (unpaired) electrons. The molecular weight excluding hydrogens is 392 g/mol. The highest BCUT2D eigenvalue weighted by atomic mass is 16.6. The van der Waals surface area contributed by atoms with Gasteiger partial charge in [-0.05, 0) is 49.7 Å². The fourth-order valence-electron chi connectivity index (χ4n) is 4.97. The Morgan fingerprint density at radius 3 is 2.65 bits per heavy atom. The Labute approximate surface area is 181 Å². The fourth-order valence-corrected chi connectivity index (χ4v) is 4.97. The maximum Gasteiger partial charge on any atom is 0.416 e. The summed E-state index contributed by atoms with van der Waals surface area (Å²) in [5.41, 5.74) is 3.16. The van der Waals surface area contributed by atoms with Crippen LogP contribution < -0.4 is 0 Å². The molecule has 1 saturated carbocycles. The van der Waals surface area contributed by atoms with E-state index < -0.39 is 6.09 Å². The molecule has 1 saturated heterocycles. The highest BCUT2D eigenvalue weighted by Crippen LogP contribution is 2.37. The van der Waals surface area contributed by atoms with Crippen LogP contribution in [-0.2, 0) is 16.0 Å². The standard InChI is InChI=1S/C24H26N4O3/c29-23(27-20(16-31-24(27)30)14-17-4-2-1-3-5-17)15-18-6-8-19(9-7-18)21-10-12-25-22-11-13-26-28(21)22/h1-5,10-13,18-20H,6-9,14-16H2. The van der Waals surface area contributed by atoms with Crippen molar-refractivity contribution in [3.63, 3.8) is 0 Å². The highest BCUT2D eigenvalue weighted by Gasteiger charge is 2.39. The van der Waals surface area contributed by atoms with Crippen molar-refractivity contribution < 1.29 is 14.3 Å². The van der Waals surface area contributed by atoms with E-state index in [-0.39, 0.29) is 18.6 Å². The molecule has 0 bridgehead atoms. The van der Waals surface area contributed by atoms with Crippen molar-refractivity contribution >= 4 is 17.6 Å². The van der Waals surface area contributed by atoms with Crippen LogP contribution in [0.25, 0.3) is 5.65 Å². The van der Waals surface area contributed by atoms with Crippen molar-refractivity contribution in [3.05, 3.63) is 66.1 Å². The third kappa shape index (κ3) is 4.04. The Morgan fingerprint density at radius 2 is 1.84 bits per heavy atom. The number of aromatic nitrogens is 3. The van der Waals surface area contributed by atoms with E-state index >= 15 is 0 Å². The molecular formula is C24H26N4O3. The van der Waals surface area contributed by atoms with Crippen LogP contribution in [-0.4, -0.2) is 44.1 Å². The molecule has 3 aromatic rings. The lowest BCUT2D eigenvalue weighted by Gasteiger charge is -2.29. The molecule has 1 aliphatic heterocycles. The molecule has 31 heavy (non-hydrogen) atoms. The third-order valence-corrected chi connectivity index (χ3v) is 6.59. The largest absolute Gasteiger partial charge is 0.447 e. The summed E-state index contributed by atoms with van der Waals surface area (Å²) in [4.78, 5) is 31.0. The zero-order valence-electron chi connectivity index (χ0n) is 17.4. The van der Waals surface area contributed by atoms with Crippen molar-refractivity contribution in [2.45, 2.75) is 50.5 Å². The Bertz CT molecular complexity index is 1070. The van der Waals surface area contributed by atoms with E-state index in [9.17, 15) is 9.59 Å². The predicted octanol–water partition coefficient (Wildman–Crippen LogP) is 3.98. The lowest BCUT2D eigenvalue weighted by molar-refractivity contribution is -0.130. The molecule has 1 aliphatic carbocycles. The number of benzene rings is 1. The van der Waals surface area contributed by atoms with E-state index in [0.717, 1.165) is 36.9 Å². The maximum atomic E-state index is 13.0. The first kappa shape index (κ1) is 19.7. The number of carbonyl (C=O) groups excluding carboxylic acids is 2. The Hall–Kier alpha value is -3.22. The van der Waals surface area contributed by atoms with Crippen molar-refractivity contribution in [1.29, 1.82) is 0 Å². The molecule has 7 heteroatoms. The van der Waals surface area contributed by atoms with E-state index in [2.05, 4.69) is 10.1 Å². The average Bonchev–Trinajstić information content (AvgIpc) is 3.41. The molecule has 2 aromatic heterocycles. The molecule has 2 fully saturated rings. The molecule has 1 aromatic carbocycles. The Balaban J connectivity index is 1.20. The second-order valence-electron chi connectivity index (χ2n) is 8.58. The molecule has 2 amide bonds. The van der Waals surface area contributed by atoms with E-state index in [1.807, 2.05) is 53.2 Å². The number of nitrogens with zero attached hydrogens (tertiary/aromatic N) is 4. The summed E-state index contributed by atoms with van der Waals surface area (Å²) in [5.74, 6) is 0.606. The van der Waals surface area contributed by atoms with Gasteiger partial charge in [-0.3, -0.25) is 4.79 Å². The minimum absolute atomic E-state index is 0.106. The monoisotopic (exact) mass is 418 g/mol. The molecule has 0 spiro atoms. The van der Waals surface area contributed by atoms with Crippen LogP contribution >= 0.6 is 0 Å². The van der Waals surface area contributed by atoms with Crippen molar-refractivity contribution in [2.24, 2.45) is 5.92 Å². The van der Waals surface area contributed by atoms with E-state index in [4.69, 9.17) is 4.74 Å². The van der Waals surface area contributed by atoms with Gasteiger partial charge in [-0.25, -0.2) is 19.2 Å². The summed E-state index contributed by atoms with van der Waals surface area (Å²) in [5, 5.41) is 4.41. The van der Waals surface area contributed by atoms with Crippen LogP contribution in [0, 0.1) is 5.92 Å². The second-order valence-corrected chi connectivity index (χ2v) is 8.58. The van der Waals surface area contributed by atoms with Crippen LogP contribution in [0.3, 0.4) is 0 Å². The summed E-state index contributed by atoms with van der Waals surface area (Å²) >= 11 is 0. The van der Waals surface area contributed by atoms with Gasteiger partial charge in [0.2, 0.25) is 5.91 Å². The van der Waals surface area contributed by atoms with Gasteiger partial charge < -0.3 is 4.74 Å². The van der Waals surface area contributed by atoms with E-state index in [1.165, 1.54) is 10.6 Å². The molecule has 1 atom stereocenters. The number of hydrogen-bond acceptors (Lipinski definition) is 5. The molecule has 7 nitrogen and oxygen atoms in total.